The molecule has 0 bridgehead atoms. The van der Waals surface area contributed by atoms with E-state index in [1.165, 1.54) is 6.92 Å². The first-order chi connectivity index (χ1) is 13.0. The number of rotatable bonds is 8. The van der Waals surface area contributed by atoms with Crippen molar-refractivity contribution in [3.8, 4) is 0 Å². The minimum atomic E-state index is -0.636. The molecule has 5 heteroatoms. The highest BCUT2D eigenvalue weighted by molar-refractivity contribution is 5.91. The Kier molecular flexibility index (Phi) is 5.69. The monoisotopic (exact) mass is 365 g/mol. The van der Waals surface area contributed by atoms with E-state index in [-0.39, 0.29) is 18.4 Å². The minimum absolute atomic E-state index is 0.138. The second-order valence-corrected chi connectivity index (χ2v) is 6.94. The zero-order valence-electron chi connectivity index (χ0n) is 15.3. The number of ketones is 1. The van der Waals surface area contributed by atoms with Crippen LogP contribution in [0, 0.1) is 0 Å². The summed E-state index contributed by atoms with van der Waals surface area (Å²) in [6.07, 6.45) is 1.85. The van der Waals surface area contributed by atoms with E-state index in [0.717, 1.165) is 24.0 Å². The van der Waals surface area contributed by atoms with E-state index in [2.05, 4.69) is 5.32 Å². The fourth-order valence-corrected chi connectivity index (χ4v) is 3.14. The van der Waals surface area contributed by atoms with Gasteiger partial charge >= 0.3 is 5.97 Å². The van der Waals surface area contributed by atoms with Gasteiger partial charge in [-0.3, -0.25) is 14.4 Å². The Morgan fingerprint density at radius 3 is 2.15 bits per heavy atom. The molecule has 5 nitrogen and oxygen atoms in total. The van der Waals surface area contributed by atoms with Gasteiger partial charge in [0, 0.05) is 0 Å². The molecule has 1 atom stereocenters. The number of esters is 1. The molecule has 0 aromatic heterocycles. The van der Waals surface area contributed by atoms with Crippen LogP contribution in [0.4, 0.5) is 0 Å². The summed E-state index contributed by atoms with van der Waals surface area (Å²) >= 11 is 0. The van der Waals surface area contributed by atoms with Crippen molar-refractivity contribution in [1.29, 1.82) is 0 Å². The molecule has 0 aliphatic heterocycles. The number of ether oxygens (including phenoxy) is 1. The van der Waals surface area contributed by atoms with Crippen molar-refractivity contribution in [3.05, 3.63) is 71.8 Å². The summed E-state index contributed by atoms with van der Waals surface area (Å²) < 4.78 is 5.25. The predicted molar refractivity (Wildman–Crippen MR) is 101 cm³/mol. The van der Waals surface area contributed by atoms with Gasteiger partial charge in [0.15, 0.2) is 12.4 Å². The molecule has 3 rings (SSSR count). The van der Waals surface area contributed by atoms with Gasteiger partial charge in [0.05, 0.1) is 11.5 Å². The fraction of sp³-hybridized carbons (Fsp3) is 0.318. The van der Waals surface area contributed by atoms with Gasteiger partial charge in [0.1, 0.15) is 0 Å². The summed E-state index contributed by atoms with van der Waals surface area (Å²) in [7, 11) is 0. The molecule has 2 aromatic carbocycles. The highest BCUT2D eigenvalue weighted by atomic mass is 16.5. The maximum Gasteiger partial charge on any atom is 0.317 e. The van der Waals surface area contributed by atoms with Crippen LogP contribution >= 0.6 is 0 Å². The van der Waals surface area contributed by atoms with Crippen LogP contribution in [0.15, 0.2) is 60.7 Å². The Labute approximate surface area is 158 Å². The lowest BCUT2D eigenvalue weighted by Gasteiger charge is -2.18. The van der Waals surface area contributed by atoms with Crippen molar-refractivity contribution >= 4 is 17.7 Å². The van der Waals surface area contributed by atoms with Crippen molar-refractivity contribution in [1.82, 2.24) is 5.32 Å². The lowest BCUT2D eigenvalue weighted by molar-refractivity contribution is -0.151. The summed E-state index contributed by atoms with van der Waals surface area (Å²) in [6.45, 7) is 1.06. The van der Waals surface area contributed by atoms with Crippen molar-refractivity contribution in [3.63, 3.8) is 0 Å². The summed E-state index contributed by atoms with van der Waals surface area (Å²) in [6, 6.07) is 18.3. The maximum atomic E-state index is 12.5. The second kappa shape index (κ2) is 8.16. The zero-order valence-corrected chi connectivity index (χ0v) is 15.3. The fourth-order valence-electron chi connectivity index (χ4n) is 3.14. The maximum absolute atomic E-state index is 12.5. The number of carbonyl (C=O) groups is 3. The first-order valence-corrected chi connectivity index (χ1v) is 9.08. The minimum Gasteiger partial charge on any atom is -0.455 e. The van der Waals surface area contributed by atoms with E-state index in [4.69, 9.17) is 4.74 Å². The number of carbonyl (C=O) groups excluding carboxylic acids is 3. The van der Waals surface area contributed by atoms with Crippen LogP contribution in [0.1, 0.15) is 30.9 Å². The third-order valence-electron chi connectivity index (χ3n) is 4.91. The number of Topliss-reactive ketones (excluding diaryl/α,β-unsaturated/α-hetero) is 1. The SMILES string of the molecule is CC(=O)[C@@H](Cc1ccccc1)NC(=O)COC(=O)C1(c2ccccc2)CC1. The zero-order chi connectivity index (χ0) is 19.3. The molecule has 1 aliphatic rings. The first kappa shape index (κ1) is 18.8. The molecule has 0 spiro atoms. The Balaban J connectivity index is 1.54. The highest BCUT2D eigenvalue weighted by Crippen LogP contribution is 2.49. The molecule has 0 saturated heterocycles. The molecule has 1 N–H and O–H groups in total. The largest absolute Gasteiger partial charge is 0.455 e. The van der Waals surface area contributed by atoms with Crippen LogP contribution < -0.4 is 5.32 Å². The van der Waals surface area contributed by atoms with E-state index >= 15 is 0 Å². The third kappa shape index (κ3) is 4.61. The molecule has 0 unspecified atom stereocenters. The Morgan fingerprint density at radius 2 is 1.59 bits per heavy atom. The van der Waals surface area contributed by atoms with Gasteiger partial charge in [-0.1, -0.05) is 60.7 Å². The van der Waals surface area contributed by atoms with Gasteiger partial charge in [-0.05, 0) is 37.3 Å². The van der Waals surface area contributed by atoms with Crippen LogP contribution in [-0.4, -0.2) is 30.3 Å². The number of benzene rings is 2. The Morgan fingerprint density at radius 1 is 1.00 bits per heavy atom. The van der Waals surface area contributed by atoms with Gasteiger partial charge in [0.2, 0.25) is 0 Å². The van der Waals surface area contributed by atoms with Gasteiger partial charge < -0.3 is 10.1 Å². The topological polar surface area (TPSA) is 72.5 Å². The molecule has 27 heavy (non-hydrogen) atoms. The van der Waals surface area contributed by atoms with Gasteiger partial charge in [-0.2, -0.15) is 0 Å². The molecule has 140 valence electrons. The second-order valence-electron chi connectivity index (χ2n) is 6.94. The van der Waals surface area contributed by atoms with Gasteiger partial charge in [-0.15, -0.1) is 0 Å². The van der Waals surface area contributed by atoms with Crippen LogP contribution in [0.3, 0.4) is 0 Å². The van der Waals surface area contributed by atoms with Crippen molar-refractivity contribution < 1.29 is 19.1 Å². The van der Waals surface area contributed by atoms with Crippen LogP contribution in [-0.2, 0) is 31.0 Å². The molecule has 0 radical (unpaired) electrons. The van der Waals surface area contributed by atoms with Crippen molar-refractivity contribution in [2.45, 2.75) is 37.6 Å². The smallest absolute Gasteiger partial charge is 0.317 e. The lowest BCUT2D eigenvalue weighted by Crippen LogP contribution is -2.43. The number of hydrogen-bond acceptors (Lipinski definition) is 4. The molecule has 1 aliphatic carbocycles. The molecular weight excluding hydrogens is 342 g/mol. The normalized spacial score (nSPS) is 15.4. The summed E-state index contributed by atoms with van der Waals surface area (Å²) in [5, 5.41) is 2.67. The molecule has 1 fully saturated rings. The Hall–Kier alpha value is -2.95. The molecule has 2 aromatic rings. The number of hydrogen-bond donors (Lipinski definition) is 1. The molecular formula is C22H23NO4. The van der Waals surface area contributed by atoms with E-state index in [1.54, 1.807) is 0 Å². The van der Waals surface area contributed by atoms with Crippen LogP contribution in [0.25, 0.3) is 0 Å². The van der Waals surface area contributed by atoms with E-state index in [1.807, 2.05) is 60.7 Å². The average molecular weight is 365 g/mol. The van der Waals surface area contributed by atoms with Crippen molar-refractivity contribution in [2.24, 2.45) is 0 Å². The summed E-state index contributed by atoms with van der Waals surface area (Å²) in [4.78, 5) is 36.5. The van der Waals surface area contributed by atoms with Gasteiger partial charge in [-0.25, -0.2) is 0 Å². The quantitative estimate of drug-likeness (QED) is 0.730. The van der Waals surface area contributed by atoms with Crippen LogP contribution in [0.5, 0.6) is 0 Å². The standard InChI is InChI=1S/C22H23NO4/c1-16(24)19(14-17-8-4-2-5-9-17)23-20(25)15-27-21(26)22(12-13-22)18-10-6-3-7-11-18/h2-11,19H,12-15H2,1H3,(H,23,25)/t19-/m1/s1. The first-order valence-electron chi connectivity index (χ1n) is 9.08. The van der Waals surface area contributed by atoms with Gasteiger partial charge in [0.25, 0.3) is 5.91 Å². The third-order valence-corrected chi connectivity index (χ3v) is 4.91. The highest BCUT2D eigenvalue weighted by Gasteiger charge is 2.52. The predicted octanol–water partition coefficient (Wildman–Crippen LogP) is 2.58. The lowest BCUT2D eigenvalue weighted by atomic mass is 9.96. The van der Waals surface area contributed by atoms with E-state index < -0.39 is 17.4 Å². The number of amides is 1. The van der Waals surface area contributed by atoms with Crippen molar-refractivity contribution in [2.75, 3.05) is 6.61 Å². The summed E-state index contributed by atoms with van der Waals surface area (Å²) in [5.74, 6) is -0.990. The van der Waals surface area contributed by atoms with E-state index in [0.29, 0.717) is 6.42 Å². The van der Waals surface area contributed by atoms with E-state index in [9.17, 15) is 14.4 Å². The summed E-state index contributed by atoms with van der Waals surface area (Å²) in [5.41, 5.74) is 1.25. The average Bonchev–Trinajstić information content (AvgIpc) is 3.49. The molecule has 0 heterocycles. The molecule has 1 amide bonds. The number of nitrogens with one attached hydrogen (secondary N) is 1. The Bertz CT molecular complexity index is 813. The molecule has 1 saturated carbocycles. The van der Waals surface area contributed by atoms with Crippen LogP contribution in [0.2, 0.25) is 0 Å².